The molecule has 0 aliphatic carbocycles. The molecule has 2 aliphatic heterocycles. The molecule has 0 amide bonds. The minimum absolute atomic E-state index is 0.238. The van der Waals surface area contributed by atoms with E-state index in [0.717, 1.165) is 37.4 Å². The standard InChI is InChI=1S/C30H35N3O3S/c1-30(2)28(16-11-23-9-13-25(14-10-23)32-20-17-31-18-21-32)33(19-5-6-22-37(34,35)36)27-15-12-24-7-3-4-8-26(24)29(27)30/h3-4,7-16,31H,5-6,17-22H2,1-2H3. The summed E-state index contributed by atoms with van der Waals surface area (Å²) in [5.41, 5.74) is 5.77. The van der Waals surface area contributed by atoms with Gasteiger partial charge >= 0.3 is 0 Å². The van der Waals surface area contributed by atoms with Crippen LogP contribution in [0.5, 0.6) is 0 Å². The Balaban J connectivity index is 1.47. The Labute approximate surface area is 220 Å². The summed E-state index contributed by atoms with van der Waals surface area (Å²) in [6, 6.07) is 21.5. The summed E-state index contributed by atoms with van der Waals surface area (Å²) in [6.07, 6.45) is 5.36. The predicted molar refractivity (Wildman–Crippen MR) is 151 cm³/mol. The molecule has 37 heavy (non-hydrogen) atoms. The Morgan fingerprint density at radius 3 is 2.43 bits per heavy atom. The Kier molecular flexibility index (Phi) is 7.21. The van der Waals surface area contributed by atoms with Gasteiger partial charge in [-0.25, -0.2) is 8.42 Å². The summed E-state index contributed by atoms with van der Waals surface area (Å²) in [7, 11) is -4.20. The van der Waals surface area contributed by atoms with Crippen molar-refractivity contribution in [2.45, 2.75) is 32.1 Å². The van der Waals surface area contributed by atoms with Crippen molar-refractivity contribution in [1.29, 1.82) is 0 Å². The predicted octanol–water partition coefficient (Wildman–Crippen LogP) is 4.66. The van der Waals surface area contributed by atoms with E-state index < -0.39 is 10.1 Å². The molecule has 2 heterocycles. The van der Waals surface area contributed by atoms with Crippen LogP contribution in [0, 0.1) is 0 Å². The fourth-order valence-corrected chi connectivity index (χ4v) is 6.28. The molecule has 3 aromatic rings. The molecular weight excluding hydrogens is 482 g/mol. The van der Waals surface area contributed by atoms with Crippen molar-refractivity contribution in [1.82, 2.24) is 5.32 Å². The van der Waals surface area contributed by atoms with E-state index in [-0.39, 0.29) is 11.2 Å². The number of benzene rings is 3. The molecule has 0 saturated carbocycles. The smallest absolute Gasteiger partial charge is 0.210 e. The van der Waals surface area contributed by atoms with Gasteiger partial charge in [0.25, 0.3) is 0 Å². The van der Waals surface area contributed by atoms with E-state index in [1.54, 1.807) is 0 Å². The number of piperazine rings is 1. The van der Waals surface area contributed by atoms with Crippen LogP contribution in [0.3, 0.4) is 0 Å². The summed E-state index contributed by atoms with van der Waals surface area (Å²) < 4.78 is 35.7. The number of anilines is 1. The molecule has 1 fully saturated rings. The lowest BCUT2D eigenvalue weighted by molar-refractivity contribution is -0.438. The van der Waals surface area contributed by atoms with E-state index in [1.165, 1.54) is 27.7 Å². The van der Waals surface area contributed by atoms with Gasteiger partial charge in [0.1, 0.15) is 6.54 Å². The fourth-order valence-electron chi connectivity index (χ4n) is 5.72. The van der Waals surface area contributed by atoms with Crippen LogP contribution in [-0.4, -0.2) is 61.7 Å². The van der Waals surface area contributed by atoms with Crippen LogP contribution in [-0.2, 0) is 15.5 Å². The highest BCUT2D eigenvalue weighted by molar-refractivity contribution is 7.85. The lowest BCUT2D eigenvalue weighted by atomic mass is 9.79. The maximum Gasteiger partial charge on any atom is 0.210 e. The number of allylic oxidation sites excluding steroid dienone is 1. The lowest BCUT2D eigenvalue weighted by Crippen LogP contribution is -2.43. The van der Waals surface area contributed by atoms with Crippen molar-refractivity contribution in [3.05, 3.63) is 77.9 Å². The van der Waals surface area contributed by atoms with E-state index in [0.29, 0.717) is 19.4 Å². The third-order valence-electron chi connectivity index (χ3n) is 7.59. The molecule has 0 aromatic heterocycles. The Morgan fingerprint density at radius 1 is 0.973 bits per heavy atom. The summed E-state index contributed by atoms with van der Waals surface area (Å²) >= 11 is 0. The third-order valence-corrected chi connectivity index (χ3v) is 8.38. The topological polar surface area (TPSA) is 75.5 Å². The summed E-state index contributed by atoms with van der Waals surface area (Å²) in [5, 5.41) is 5.84. The van der Waals surface area contributed by atoms with E-state index in [2.05, 4.69) is 101 Å². The van der Waals surface area contributed by atoms with Crippen molar-refractivity contribution < 1.29 is 17.5 Å². The second-order valence-electron chi connectivity index (χ2n) is 10.5. The minimum Gasteiger partial charge on any atom is -0.748 e. The van der Waals surface area contributed by atoms with Crippen molar-refractivity contribution in [3.63, 3.8) is 0 Å². The van der Waals surface area contributed by atoms with Gasteiger partial charge in [0.05, 0.1) is 15.5 Å². The molecule has 5 rings (SSSR count). The number of nitrogens with one attached hydrogen (secondary N) is 1. The highest BCUT2D eigenvalue weighted by Gasteiger charge is 2.45. The average molecular weight is 518 g/mol. The molecule has 0 radical (unpaired) electrons. The van der Waals surface area contributed by atoms with Crippen LogP contribution in [0.25, 0.3) is 16.8 Å². The number of rotatable bonds is 8. The van der Waals surface area contributed by atoms with Gasteiger partial charge in [-0.05, 0) is 60.9 Å². The van der Waals surface area contributed by atoms with Gasteiger partial charge in [0.2, 0.25) is 5.69 Å². The first kappa shape index (κ1) is 25.6. The summed E-state index contributed by atoms with van der Waals surface area (Å²) in [6.45, 7) is 9.25. The van der Waals surface area contributed by atoms with Crippen LogP contribution in [0.15, 0.2) is 66.7 Å². The highest BCUT2D eigenvalue weighted by atomic mass is 32.2. The molecule has 1 saturated heterocycles. The molecule has 3 aromatic carbocycles. The van der Waals surface area contributed by atoms with Crippen LogP contribution in [0.1, 0.15) is 37.8 Å². The third kappa shape index (κ3) is 5.49. The molecule has 0 atom stereocenters. The minimum atomic E-state index is -4.20. The quantitative estimate of drug-likeness (QED) is 0.267. The summed E-state index contributed by atoms with van der Waals surface area (Å²) in [4.78, 5) is 2.41. The first-order chi connectivity index (χ1) is 17.7. The van der Waals surface area contributed by atoms with Crippen molar-refractivity contribution >= 4 is 44.1 Å². The Hall–Kier alpha value is -3.00. The molecule has 194 valence electrons. The zero-order valence-electron chi connectivity index (χ0n) is 21.6. The molecule has 0 unspecified atom stereocenters. The number of hydrogen-bond donors (Lipinski definition) is 1. The van der Waals surface area contributed by atoms with Crippen LogP contribution in [0.2, 0.25) is 0 Å². The van der Waals surface area contributed by atoms with Gasteiger partial charge in [-0.2, -0.15) is 4.58 Å². The van der Waals surface area contributed by atoms with Crippen molar-refractivity contribution in [2.75, 3.05) is 43.4 Å². The fraction of sp³-hybridized carbons (Fsp3) is 0.367. The Morgan fingerprint density at radius 2 is 1.70 bits per heavy atom. The van der Waals surface area contributed by atoms with Crippen LogP contribution < -0.4 is 10.2 Å². The molecule has 1 N–H and O–H groups in total. The van der Waals surface area contributed by atoms with Crippen LogP contribution >= 0.6 is 0 Å². The normalized spacial score (nSPS) is 17.6. The van der Waals surface area contributed by atoms with E-state index >= 15 is 0 Å². The van der Waals surface area contributed by atoms with E-state index in [1.807, 2.05) is 0 Å². The van der Waals surface area contributed by atoms with Crippen molar-refractivity contribution in [3.8, 4) is 0 Å². The highest BCUT2D eigenvalue weighted by Crippen LogP contribution is 2.44. The van der Waals surface area contributed by atoms with Crippen LogP contribution in [0.4, 0.5) is 11.4 Å². The second-order valence-corrected chi connectivity index (χ2v) is 12.0. The number of hydrogen-bond acceptors (Lipinski definition) is 5. The number of nitrogens with zero attached hydrogens (tertiary/aromatic N) is 2. The van der Waals surface area contributed by atoms with Gasteiger partial charge in [-0.1, -0.05) is 36.4 Å². The van der Waals surface area contributed by atoms with Gasteiger partial charge in [-0.15, -0.1) is 0 Å². The molecule has 6 nitrogen and oxygen atoms in total. The SMILES string of the molecule is CC1(C)C(/C=C/c2ccc(N3CCNCC3)cc2)=[N+](CCCCS(=O)(=O)[O-])c2ccc3ccccc3c21. The molecule has 0 bridgehead atoms. The largest absolute Gasteiger partial charge is 0.748 e. The zero-order chi connectivity index (χ0) is 26.0. The van der Waals surface area contributed by atoms with E-state index in [4.69, 9.17) is 0 Å². The monoisotopic (exact) mass is 517 g/mol. The van der Waals surface area contributed by atoms with Crippen molar-refractivity contribution in [2.24, 2.45) is 0 Å². The second kappa shape index (κ2) is 10.4. The van der Waals surface area contributed by atoms with Gasteiger partial charge in [-0.3, -0.25) is 0 Å². The maximum absolute atomic E-state index is 11.1. The number of fused-ring (bicyclic) bond motifs is 3. The zero-order valence-corrected chi connectivity index (χ0v) is 22.4. The Bertz CT molecular complexity index is 1450. The van der Waals surface area contributed by atoms with Gasteiger partial charge in [0.15, 0.2) is 5.71 Å². The van der Waals surface area contributed by atoms with Gasteiger partial charge < -0.3 is 14.8 Å². The van der Waals surface area contributed by atoms with E-state index in [9.17, 15) is 13.0 Å². The summed E-state index contributed by atoms with van der Waals surface area (Å²) in [5.74, 6) is -0.320. The molecule has 2 aliphatic rings. The number of unbranched alkanes of at least 4 members (excludes halogenated alkanes) is 1. The molecule has 7 heteroatoms. The first-order valence-electron chi connectivity index (χ1n) is 13.1. The maximum atomic E-state index is 11.1. The first-order valence-corrected chi connectivity index (χ1v) is 14.7. The lowest BCUT2D eigenvalue weighted by Gasteiger charge is -2.29. The molecule has 0 spiro atoms. The average Bonchev–Trinajstić information content (AvgIpc) is 3.11. The molecular formula is C30H35N3O3S. The van der Waals surface area contributed by atoms with Gasteiger partial charge in [0, 0.05) is 61.7 Å².